The van der Waals surface area contributed by atoms with E-state index in [0.717, 1.165) is 38.0 Å². The standard InChI is InChI=1S/C32H31NO2.ClH/c1-2-35-32(34)28-15-13-24(14-16-28)8-7-21-33-22-19-27(20-23-33)31-29-11-5-3-9-25(29)17-18-26-10-4-6-12-30(26)31;/h3-18H,2,19-23H2,1H3;1H/b8-7+;. The van der Waals surface area contributed by atoms with Crippen LogP contribution in [-0.4, -0.2) is 37.1 Å². The largest absolute Gasteiger partial charge is 0.462 e. The number of esters is 1. The van der Waals surface area contributed by atoms with Crippen molar-refractivity contribution in [1.82, 2.24) is 4.90 Å². The Bertz CT molecular complexity index is 1240. The molecule has 1 saturated heterocycles. The molecule has 0 saturated carbocycles. The molecule has 5 rings (SSSR count). The second-order valence-corrected chi connectivity index (χ2v) is 9.03. The van der Waals surface area contributed by atoms with Crippen LogP contribution in [0, 0.1) is 0 Å². The molecular weight excluding hydrogens is 466 g/mol. The van der Waals surface area contributed by atoms with Crippen molar-refractivity contribution in [1.29, 1.82) is 0 Å². The molecule has 1 heterocycles. The van der Waals surface area contributed by atoms with Crippen LogP contribution in [0.2, 0.25) is 0 Å². The Morgan fingerprint density at radius 3 is 2.03 bits per heavy atom. The highest BCUT2D eigenvalue weighted by atomic mass is 35.5. The van der Waals surface area contributed by atoms with E-state index in [0.29, 0.717) is 12.2 Å². The van der Waals surface area contributed by atoms with Gasteiger partial charge in [0.05, 0.1) is 12.2 Å². The van der Waals surface area contributed by atoms with E-state index in [1.54, 1.807) is 5.57 Å². The first kappa shape index (κ1) is 25.7. The van der Waals surface area contributed by atoms with Gasteiger partial charge in [0.25, 0.3) is 0 Å². The summed E-state index contributed by atoms with van der Waals surface area (Å²) in [4.78, 5) is 14.3. The first-order valence-corrected chi connectivity index (χ1v) is 12.5. The summed E-state index contributed by atoms with van der Waals surface area (Å²) in [5, 5.41) is 0. The summed E-state index contributed by atoms with van der Waals surface area (Å²) in [7, 11) is 0. The number of fused-ring (bicyclic) bond motifs is 2. The van der Waals surface area contributed by atoms with Gasteiger partial charge in [0.2, 0.25) is 0 Å². The van der Waals surface area contributed by atoms with Gasteiger partial charge in [-0.05, 0) is 65.3 Å². The summed E-state index contributed by atoms with van der Waals surface area (Å²) < 4.78 is 5.06. The number of benzene rings is 3. The summed E-state index contributed by atoms with van der Waals surface area (Å²) in [6, 6.07) is 25.1. The Morgan fingerprint density at radius 1 is 0.861 bits per heavy atom. The third kappa shape index (κ3) is 5.70. The van der Waals surface area contributed by atoms with Crippen LogP contribution in [0.25, 0.3) is 23.8 Å². The zero-order valence-electron chi connectivity index (χ0n) is 20.7. The van der Waals surface area contributed by atoms with Crippen LogP contribution in [-0.2, 0) is 4.74 Å². The molecule has 0 atom stereocenters. The van der Waals surface area contributed by atoms with Gasteiger partial charge >= 0.3 is 5.97 Å². The van der Waals surface area contributed by atoms with Gasteiger partial charge in [0.15, 0.2) is 0 Å². The third-order valence-corrected chi connectivity index (χ3v) is 6.81. The average Bonchev–Trinajstić information content (AvgIpc) is 3.07. The van der Waals surface area contributed by atoms with Crippen LogP contribution in [0.1, 0.15) is 57.9 Å². The molecule has 1 aliphatic heterocycles. The molecule has 36 heavy (non-hydrogen) atoms. The number of halogens is 1. The molecule has 1 fully saturated rings. The number of nitrogens with zero attached hydrogens (tertiary/aromatic N) is 1. The van der Waals surface area contributed by atoms with Crippen LogP contribution < -0.4 is 0 Å². The van der Waals surface area contributed by atoms with Crippen LogP contribution in [0.4, 0.5) is 0 Å². The van der Waals surface area contributed by atoms with Gasteiger partial charge in [-0.25, -0.2) is 4.79 Å². The fraction of sp³-hybridized carbons (Fsp3) is 0.219. The maximum absolute atomic E-state index is 11.8. The van der Waals surface area contributed by atoms with Crippen molar-refractivity contribution in [3.05, 3.63) is 118 Å². The highest BCUT2D eigenvalue weighted by Gasteiger charge is 2.22. The van der Waals surface area contributed by atoms with Gasteiger partial charge < -0.3 is 4.74 Å². The Labute approximate surface area is 220 Å². The lowest BCUT2D eigenvalue weighted by Crippen LogP contribution is -2.31. The SMILES string of the molecule is CCOC(=O)c1ccc(/C=C/CN2CCC(=C3c4ccccc4C=Cc4ccccc43)CC2)cc1.Cl. The van der Waals surface area contributed by atoms with Gasteiger partial charge in [0, 0.05) is 19.6 Å². The molecule has 0 amide bonds. The average molecular weight is 498 g/mol. The van der Waals surface area contributed by atoms with Crippen molar-refractivity contribution in [2.75, 3.05) is 26.2 Å². The normalized spacial score (nSPS) is 15.1. The van der Waals surface area contributed by atoms with E-state index in [4.69, 9.17) is 4.74 Å². The number of likely N-dealkylation sites (tertiary alicyclic amines) is 1. The summed E-state index contributed by atoms with van der Waals surface area (Å²) >= 11 is 0. The first-order chi connectivity index (χ1) is 17.2. The van der Waals surface area contributed by atoms with Crippen LogP contribution >= 0.6 is 12.4 Å². The molecule has 3 aromatic rings. The van der Waals surface area contributed by atoms with E-state index < -0.39 is 0 Å². The molecule has 3 aromatic carbocycles. The molecule has 0 unspecified atom stereocenters. The summed E-state index contributed by atoms with van der Waals surface area (Å²) in [5.41, 5.74) is 9.97. The van der Waals surface area contributed by atoms with Crippen LogP contribution in [0.5, 0.6) is 0 Å². The van der Waals surface area contributed by atoms with E-state index >= 15 is 0 Å². The minimum absolute atomic E-state index is 0. The third-order valence-electron chi connectivity index (χ3n) is 6.81. The second-order valence-electron chi connectivity index (χ2n) is 9.03. The lowest BCUT2D eigenvalue weighted by molar-refractivity contribution is 0.0526. The van der Waals surface area contributed by atoms with Gasteiger partial charge in [-0.3, -0.25) is 4.90 Å². The molecule has 0 aromatic heterocycles. The van der Waals surface area contributed by atoms with Gasteiger partial charge in [-0.2, -0.15) is 0 Å². The Balaban J connectivity index is 0.00000304. The van der Waals surface area contributed by atoms with Crippen molar-refractivity contribution < 1.29 is 9.53 Å². The van der Waals surface area contributed by atoms with Crippen LogP contribution in [0.15, 0.2) is 84.4 Å². The molecule has 184 valence electrons. The van der Waals surface area contributed by atoms with Crippen molar-refractivity contribution >= 4 is 42.2 Å². The number of hydrogen-bond donors (Lipinski definition) is 0. The fourth-order valence-corrected chi connectivity index (χ4v) is 4.98. The van der Waals surface area contributed by atoms with E-state index in [1.165, 1.54) is 27.8 Å². The van der Waals surface area contributed by atoms with Gasteiger partial charge in [0.1, 0.15) is 0 Å². The van der Waals surface area contributed by atoms with Crippen molar-refractivity contribution in [3.8, 4) is 0 Å². The number of hydrogen-bond acceptors (Lipinski definition) is 3. The first-order valence-electron chi connectivity index (χ1n) is 12.5. The van der Waals surface area contributed by atoms with E-state index in [2.05, 4.69) is 77.7 Å². The Kier molecular flexibility index (Phi) is 8.58. The minimum Gasteiger partial charge on any atom is -0.462 e. The molecule has 1 aliphatic carbocycles. The number of piperidine rings is 1. The number of carbonyl (C=O) groups excluding carboxylic acids is 1. The second kappa shape index (κ2) is 12.0. The number of carbonyl (C=O) groups is 1. The maximum Gasteiger partial charge on any atom is 0.338 e. The highest BCUT2D eigenvalue weighted by Crippen LogP contribution is 2.38. The number of ether oxygens (including phenoxy) is 1. The lowest BCUT2D eigenvalue weighted by Gasteiger charge is -2.29. The predicted octanol–water partition coefficient (Wildman–Crippen LogP) is 7.38. The quantitative estimate of drug-likeness (QED) is 0.269. The minimum atomic E-state index is -0.268. The molecule has 3 nitrogen and oxygen atoms in total. The summed E-state index contributed by atoms with van der Waals surface area (Å²) in [6.07, 6.45) is 11.0. The summed E-state index contributed by atoms with van der Waals surface area (Å²) in [6.45, 7) is 5.26. The number of rotatable bonds is 5. The molecule has 0 N–H and O–H groups in total. The topological polar surface area (TPSA) is 29.5 Å². The van der Waals surface area contributed by atoms with Gasteiger partial charge in [-0.1, -0.05) is 90.5 Å². The monoisotopic (exact) mass is 497 g/mol. The molecule has 0 bridgehead atoms. The van der Waals surface area contributed by atoms with Crippen molar-refractivity contribution in [2.45, 2.75) is 19.8 Å². The zero-order valence-corrected chi connectivity index (χ0v) is 21.5. The highest BCUT2D eigenvalue weighted by molar-refractivity contribution is 5.95. The molecule has 2 aliphatic rings. The van der Waals surface area contributed by atoms with E-state index in [-0.39, 0.29) is 18.4 Å². The maximum atomic E-state index is 11.8. The van der Waals surface area contributed by atoms with E-state index in [9.17, 15) is 4.79 Å². The molecular formula is C32H32ClNO2. The Morgan fingerprint density at radius 2 is 1.44 bits per heavy atom. The zero-order chi connectivity index (χ0) is 24.0. The van der Waals surface area contributed by atoms with Crippen molar-refractivity contribution in [3.63, 3.8) is 0 Å². The fourth-order valence-electron chi connectivity index (χ4n) is 4.98. The predicted molar refractivity (Wildman–Crippen MR) is 152 cm³/mol. The molecule has 4 heteroatoms. The lowest BCUT2D eigenvalue weighted by atomic mass is 9.86. The smallest absolute Gasteiger partial charge is 0.338 e. The van der Waals surface area contributed by atoms with Gasteiger partial charge in [-0.15, -0.1) is 12.4 Å². The molecule has 0 radical (unpaired) electrons. The van der Waals surface area contributed by atoms with Crippen molar-refractivity contribution in [2.24, 2.45) is 0 Å². The van der Waals surface area contributed by atoms with E-state index in [1.807, 2.05) is 31.2 Å². The summed E-state index contributed by atoms with van der Waals surface area (Å²) in [5.74, 6) is -0.268. The molecule has 0 spiro atoms. The van der Waals surface area contributed by atoms with Crippen LogP contribution in [0.3, 0.4) is 0 Å². The Hall–Kier alpha value is -3.40.